The van der Waals surface area contributed by atoms with Crippen LogP contribution in [0.4, 0.5) is 5.69 Å². The van der Waals surface area contributed by atoms with Crippen LogP contribution in [0.25, 0.3) is 0 Å². The summed E-state index contributed by atoms with van der Waals surface area (Å²) in [5.74, 6) is 1.50. The van der Waals surface area contributed by atoms with E-state index in [-0.39, 0.29) is 11.8 Å². The summed E-state index contributed by atoms with van der Waals surface area (Å²) in [6.45, 7) is 3.34. The predicted molar refractivity (Wildman–Crippen MR) is 112 cm³/mol. The van der Waals surface area contributed by atoms with Gasteiger partial charge in [-0.15, -0.1) is 11.8 Å². The maximum absolute atomic E-state index is 12.1. The summed E-state index contributed by atoms with van der Waals surface area (Å²) < 4.78 is 0. The molecule has 1 saturated heterocycles. The molecule has 142 valence electrons. The molecule has 0 atom stereocenters. The average molecular weight is 383 g/mol. The van der Waals surface area contributed by atoms with Crippen molar-refractivity contribution in [2.45, 2.75) is 38.5 Å². The molecule has 1 aliphatic heterocycles. The number of benzene rings is 2. The molecule has 2 amide bonds. The molecule has 1 heterocycles. The molecule has 0 spiro atoms. The van der Waals surface area contributed by atoms with Gasteiger partial charge in [0.15, 0.2) is 0 Å². The molecule has 5 heteroatoms. The zero-order valence-electron chi connectivity index (χ0n) is 15.7. The standard InChI is InChI=1S/C22H26N2O2S/c1-17-6-4-8-19(12-17)15-27-16-21(25)23-14-18-7-5-9-20(13-18)24-11-3-2-10-22(24)26/h4-9,12-13H,2-3,10-11,14-16H2,1H3,(H,23,25). The Morgan fingerprint density at radius 2 is 1.93 bits per heavy atom. The number of thioether (sulfide) groups is 1. The van der Waals surface area contributed by atoms with E-state index in [9.17, 15) is 9.59 Å². The molecule has 4 nitrogen and oxygen atoms in total. The summed E-state index contributed by atoms with van der Waals surface area (Å²) in [4.78, 5) is 26.1. The Morgan fingerprint density at radius 3 is 2.74 bits per heavy atom. The SMILES string of the molecule is Cc1cccc(CSCC(=O)NCc2cccc(N3CCCCC3=O)c2)c1. The number of amides is 2. The molecule has 0 saturated carbocycles. The van der Waals surface area contributed by atoms with Gasteiger partial charge in [0, 0.05) is 31.0 Å². The van der Waals surface area contributed by atoms with E-state index < -0.39 is 0 Å². The van der Waals surface area contributed by atoms with Gasteiger partial charge in [0.25, 0.3) is 0 Å². The summed E-state index contributed by atoms with van der Waals surface area (Å²) in [6.07, 6.45) is 2.65. The van der Waals surface area contributed by atoms with E-state index in [1.165, 1.54) is 11.1 Å². The van der Waals surface area contributed by atoms with Gasteiger partial charge in [-0.1, -0.05) is 42.0 Å². The number of rotatable bonds is 7. The monoisotopic (exact) mass is 382 g/mol. The number of hydrogen-bond donors (Lipinski definition) is 1. The minimum atomic E-state index is 0.0344. The highest BCUT2D eigenvalue weighted by Gasteiger charge is 2.19. The number of nitrogens with one attached hydrogen (secondary N) is 1. The third kappa shape index (κ3) is 5.86. The molecule has 2 aromatic carbocycles. The van der Waals surface area contributed by atoms with E-state index in [0.29, 0.717) is 18.7 Å². The molecule has 0 aliphatic carbocycles. The van der Waals surface area contributed by atoms with Crippen molar-refractivity contribution in [2.75, 3.05) is 17.2 Å². The van der Waals surface area contributed by atoms with Gasteiger partial charge < -0.3 is 10.2 Å². The minimum absolute atomic E-state index is 0.0344. The van der Waals surface area contributed by atoms with Crippen molar-refractivity contribution >= 4 is 29.3 Å². The number of anilines is 1. The molecule has 1 fully saturated rings. The van der Waals surface area contributed by atoms with E-state index in [1.807, 2.05) is 35.2 Å². The van der Waals surface area contributed by atoms with Crippen molar-refractivity contribution in [3.8, 4) is 0 Å². The lowest BCUT2D eigenvalue weighted by atomic mass is 10.1. The number of carbonyl (C=O) groups excluding carboxylic acids is 2. The Kier molecular flexibility index (Phi) is 6.93. The fraction of sp³-hybridized carbons (Fsp3) is 0.364. The van der Waals surface area contributed by atoms with Crippen LogP contribution < -0.4 is 10.2 Å². The summed E-state index contributed by atoms with van der Waals surface area (Å²) >= 11 is 1.62. The highest BCUT2D eigenvalue weighted by molar-refractivity contribution is 7.99. The first-order chi connectivity index (χ1) is 13.1. The average Bonchev–Trinajstić information content (AvgIpc) is 2.67. The first-order valence-corrected chi connectivity index (χ1v) is 10.6. The summed E-state index contributed by atoms with van der Waals surface area (Å²) in [5.41, 5.74) is 4.43. The van der Waals surface area contributed by atoms with Gasteiger partial charge in [0.2, 0.25) is 11.8 Å². The van der Waals surface area contributed by atoms with E-state index in [0.717, 1.165) is 36.4 Å². The number of piperidine rings is 1. The van der Waals surface area contributed by atoms with Crippen molar-refractivity contribution in [1.29, 1.82) is 0 Å². The Labute approximate surface area is 165 Å². The van der Waals surface area contributed by atoms with Crippen LogP contribution in [0.15, 0.2) is 48.5 Å². The van der Waals surface area contributed by atoms with E-state index >= 15 is 0 Å². The second-order valence-electron chi connectivity index (χ2n) is 6.93. The van der Waals surface area contributed by atoms with Gasteiger partial charge in [-0.3, -0.25) is 9.59 Å². The van der Waals surface area contributed by atoms with Gasteiger partial charge in [-0.05, 0) is 43.0 Å². The minimum Gasteiger partial charge on any atom is -0.351 e. The maximum atomic E-state index is 12.1. The molecule has 0 radical (unpaired) electrons. The molecule has 0 aromatic heterocycles. The normalized spacial score (nSPS) is 14.3. The Hall–Kier alpha value is -2.27. The predicted octanol–water partition coefficient (Wildman–Crippen LogP) is 4.06. The smallest absolute Gasteiger partial charge is 0.230 e. The quantitative estimate of drug-likeness (QED) is 0.786. The zero-order valence-corrected chi connectivity index (χ0v) is 16.6. The molecule has 2 aromatic rings. The Bertz CT molecular complexity index is 806. The van der Waals surface area contributed by atoms with Crippen LogP contribution in [0.5, 0.6) is 0 Å². The first-order valence-electron chi connectivity index (χ1n) is 9.41. The van der Waals surface area contributed by atoms with Crippen LogP contribution in [0.2, 0.25) is 0 Å². The Balaban J connectivity index is 1.46. The van der Waals surface area contributed by atoms with Crippen molar-refractivity contribution < 1.29 is 9.59 Å². The van der Waals surface area contributed by atoms with Crippen molar-refractivity contribution in [3.05, 3.63) is 65.2 Å². The lowest BCUT2D eigenvalue weighted by Crippen LogP contribution is -2.35. The Morgan fingerprint density at radius 1 is 1.11 bits per heavy atom. The number of aryl methyl sites for hydroxylation is 1. The largest absolute Gasteiger partial charge is 0.351 e. The van der Waals surface area contributed by atoms with Crippen LogP contribution in [-0.2, 0) is 21.9 Å². The van der Waals surface area contributed by atoms with Crippen molar-refractivity contribution in [1.82, 2.24) is 5.32 Å². The highest BCUT2D eigenvalue weighted by Crippen LogP contribution is 2.22. The number of nitrogens with zero attached hydrogens (tertiary/aromatic N) is 1. The van der Waals surface area contributed by atoms with Crippen LogP contribution in [0.3, 0.4) is 0 Å². The summed E-state index contributed by atoms with van der Waals surface area (Å²) in [5, 5.41) is 2.97. The van der Waals surface area contributed by atoms with Crippen LogP contribution in [0, 0.1) is 6.92 Å². The highest BCUT2D eigenvalue weighted by atomic mass is 32.2. The molecule has 1 aliphatic rings. The molecule has 3 rings (SSSR count). The van der Waals surface area contributed by atoms with Crippen LogP contribution >= 0.6 is 11.8 Å². The molecular formula is C22H26N2O2S. The fourth-order valence-corrected chi connectivity index (χ4v) is 4.03. The van der Waals surface area contributed by atoms with Crippen LogP contribution in [-0.4, -0.2) is 24.1 Å². The van der Waals surface area contributed by atoms with Gasteiger partial charge >= 0.3 is 0 Å². The van der Waals surface area contributed by atoms with E-state index in [1.54, 1.807) is 11.8 Å². The number of carbonyl (C=O) groups is 2. The molecule has 0 bridgehead atoms. The fourth-order valence-electron chi connectivity index (χ4n) is 3.23. The second-order valence-corrected chi connectivity index (χ2v) is 7.92. The van der Waals surface area contributed by atoms with E-state index in [4.69, 9.17) is 0 Å². The lowest BCUT2D eigenvalue weighted by molar-refractivity contribution is -0.120. The van der Waals surface area contributed by atoms with Gasteiger partial charge in [-0.25, -0.2) is 0 Å². The topological polar surface area (TPSA) is 49.4 Å². The van der Waals surface area contributed by atoms with Gasteiger partial charge in [0.05, 0.1) is 5.75 Å². The number of hydrogen-bond acceptors (Lipinski definition) is 3. The summed E-state index contributed by atoms with van der Waals surface area (Å²) in [6, 6.07) is 16.3. The van der Waals surface area contributed by atoms with Crippen molar-refractivity contribution in [3.63, 3.8) is 0 Å². The zero-order chi connectivity index (χ0) is 19.1. The second kappa shape index (κ2) is 9.60. The lowest BCUT2D eigenvalue weighted by Gasteiger charge is -2.27. The molecular weight excluding hydrogens is 356 g/mol. The molecule has 27 heavy (non-hydrogen) atoms. The third-order valence-corrected chi connectivity index (χ3v) is 5.62. The maximum Gasteiger partial charge on any atom is 0.230 e. The third-order valence-electron chi connectivity index (χ3n) is 4.62. The van der Waals surface area contributed by atoms with Gasteiger partial charge in [-0.2, -0.15) is 0 Å². The van der Waals surface area contributed by atoms with E-state index in [2.05, 4.69) is 30.4 Å². The first kappa shape index (κ1) is 19.5. The van der Waals surface area contributed by atoms with Gasteiger partial charge in [0.1, 0.15) is 0 Å². The molecule has 1 N–H and O–H groups in total. The van der Waals surface area contributed by atoms with Crippen molar-refractivity contribution in [2.24, 2.45) is 0 Å². The van der Waals surface area contributed by atoms with Crippen LogP contribution in [0.1, 0.15) is 36.0 Å². The molecule has 0 unspecified atom stereocenters. The summed E-state index contributed by atoms with van der Waals surface area (Å²) in [7, 11) is 0.